The lowest BCUT2D eigenvalue weighted by Crippen LogP contribution is -2.22. The van der Waals surface area contributed by atoms with Gasteiger partial charge in [-0.15, -0.1) is 0 Å². The van der Waals surface area contributed by atoms with Gasteiger partial charge >= 0.3 is 0 Å². The van der Waals surface area contributed by atoms with Gasteiger partial charge in [0, 0.05) is 12.4 Å². The summed E-state index contributed by atoms with van der Waals surface area (Å²) in [6, 6.07) is 26.5. The van der Waals surface area contributed by atoms with Crippen molar-refractivity contribution in [3.8, 4) is 11.1 Å². The third-order valence-corrected chi connectivity index (χ3v) is 5.72. The van der Waals surface area contributed by atoms with E-state index in [2.05, 4.69) is 5.32 Å². The number of nitrogens with one attached hydrogen (secondary N) is 1. The molecule has 0 bridgehead atoms. The first-order valence-electron chi connectivity index (χ1n) is 10.2. The van der Waals surface area contributed by atoms with Crippen LogP contribution in [0.4, 0.5) is 10.2 Å². The molecule has 32 heavy (non-hydrogen) atoms. The monoisotopic (exact) mass is 422 g/mol. The van der Waals surface area contributed by atoms with E-state index in [1.807, 2.05) is 60.7 Å². The van der Waals surface area contributed by atoms with Crippen LogP contribution in [0, 0.1) is 5.82 Å². The van der Waals surface area contributed by atoms with E-state index in [4.69, 9.17) is 0 Å². The second-order valence-corrected chi connectivity index (χ2v) is 7.59. The van der Waals surface area contributed by atoms with Crippen molar-refractivity contribution in [3.63, 3.8) is 0 Å². The summed E-state index contributed by atoms with van der Waals surface area (Å²) in [5.41, 5.74) is 1.46. The number of carbonyl (C=O) groups excluding carboxylic acids is 1. The van der Waals surface area contributed by atoms with Crippen LogP contribution in [0.5, 0.6) is 0 Å². The summed E-state index contributed by atoms with van der Waals surface area (Å²) in [5.74, 6) is -0.921. The van der Waals surface area contributed by atoms with Gasteiger partial charge in [0.15, 0.2) is 5.43 Å². The lowest BCUT2D eigenvalue weighted by molar-refractivity contribution is 0.102. The standard InChI is InChI=1S/C27H19FN2O2/c1-30-23-16-7-5-13-21(23)25(31)24(19-14-8-10-17-9-2-3-11-18(17)19)26(30)29-27(32)20-12-4-6-15-22(20)28/h2-16H,1H3,(H,29,32). The fourth-order valence-electron chi connectivity index (χ4n) is 4.15. The van der Waals surface area contributed by atoms with Gasteiger partial charge in [-0.05, 0) is 40.6 Å². The highest BCUT2D eigenvalue weighted by Crippen LogP contribution is 2.33. The largest absolute Gasteiger partial charge is 0.330 e. The second-order valence-electron chi connectivity index (χ2n) is 7.59. The maximum atomic E-state index is 14.3. The van der Waals surface area contributed by atoms with Crippen LogP contribution < -0.4 is 10.7 Å². The molecule has 5 aromatic rings. The number of halogens is 1. The fourth-order valence-corrected chi connectivity index (χ4v) is 4.15. The average molecular weight is 422 g/mol. The third-order valence-electron chi connectivity index (χ3n) is 5.72. The molecule has 4 nitrogen and oxygen atoms in total. The van der Waals surface area contributed by atoms with Crippen molar-refractivity contribution in [2.24, 2.45) is 7.05 Å². The normalized spacial score (nSPS) is 11.1. The van der Waals surface area contributed by atoms with Gasteiger partial charge in [-0.2, -0.15) is 0 Å². The van der Waals surface area contributed by atoms with E-state index in [1.54, 1.807) is 23.7 Å². The first-order chi connectivity index (χ1) is 15.6. The molecule has 0 radical (unpaired) electrons. The van der Waals surface area contributed by atoms with Gasteiger partial charge < -0.3 is 9.88 Å². The first-order valence-corrected chi connectivity index (χ1v) is 10.2. The van der Waals surface area contributed by atoms with E-state index in [0.717, 1.165) is 10.8 Å². The van der Waals surface area contributed by atoms with Crippen LogP contribution in [0.1, 0.15) is 10.4 Å². The summed E-state index contributed by atoms with van der Waals surface area (Å²) in [4.78, 5) is 26.7. The number of nitrogens with zero attached hydrogens (tertiary/aromatic N) is 1. The maximum Gasteiger partial charge on any atom is 0.259 e. The number of hydrogen-bond acceptors (Lipinski definition) is 2. The van der Waals surface area contributed by atoms with Gasteiger partial charge in [-0.25, -0.2) is 4.39 Å². The lowest BCUT2D eigenvalue weighted by atomic mass is 9.96. The van der Waals surface area contributed by atoms with Gasteiger partial charge in [-0.1, -0.05) is 66.7 Å². The molecule has 0 aliphatic rings. The highest BCUT2D eigenvalue weighted by molar-refractivity contribution is 6.09. The van der Waals surface area contributed by atoms with Gasteiger partial charge in [0.1, 0.15) is 11.6 Å². The van der Waals surface area contributed by atoms with E-state index in [0.29, 0.717) is 27.8 Å². The van der Waals surface area contributed by atoms with Crippen molar-refractivity contribution in [2.45, 2.75) is 0 Å². The molecule has 1 amide bonds. The maximum absolute atomic E-state index is 14.3. The Morgan fingerprint density at radius 1 is 0.812 bits per heavy atom. The molecule has 0 aliphatic heterocycles. The van der Waals surface area contributed by atoms with E-state index in [-0.39, 0.29) is 11.0 Å². The van der Waals surface area contributed by atoms with E-state index in [9.17, 15) is 14.0 Å². The number of para-hydroxylation sites is 1. The summed E-state index contributed by atoms with van der Waals surface area (Å²) in [7, 11) is 1.79. The van der Waals surface area contributed by atoms with E-state index >= 15 is 0 Å². The van der Waals surface area contributed by atoms with Crippen LogP contribution in [-0.4, -0.2) is 10.5 Å². The Morgan fingerprint density at radius 2 is 1.47 bits per heavy atom. The van der Waals surface area contributed by atoms with Gasteiger partial charge in [0.2, 0.25) is 0 Å². The minimum atomic E-state index is -0.623. The lowest BCUT2D eigenvalue weighted by Gasteiger charge is -2.19. The molecule has 156 valence electrons. The molecular formula is C27H19FN2O2. The zero-order valence-electron chi connectivity index (χ0n) is 17.3. The zero-order chi connectivity index (χ0) is 22.2. The number of amides is 1. The van der Waals surface area contributed by atoms with Gasteiger partial charge in [0.05, 0.1) is 16.6 Å². The quantitative estimate of drug-likeness (QED) is 0.402. The summed E-state index contributed by atoms with van der Waals surface area (Å²) in [6.45, 7) is 0. The smallest absolute Gasteiger partial charge is 0.259 e. The number of hydrogen-bond donors (Lipinski definition) is 1. The number of pyridine rings is 1. The SMILES string of the molecule is Cn1c(NC(=O)c2ccccc2F)c(-c2cccc3ccccc23)c(=O)c2ccccc21. The van der Waals surface area contributed by atoms with Crippen molar-refractivity contribution < 1.29 is 9.18 Å². The second kappa shape index (κ2) is 7.78. The number of aryl methyl sites for hydroxylation is 1. The number of rotatable bonds is 3. The van der Waals surface area contributed by atoms with Crippen molar-refractivity contribution in [3.05, 3.63) is 113 Å². The molecule has 4 aromatic carbocycles. The molecule has 1 N–H and O–H groups in total. The summed E-state index contributed by atoms with van der Waals surface area (Å²) in [6.07, 6.45) is 0. The molecule has 0 saturated carbocycles. The topological polar surface area (TPSA) is 51.1 Å². The molecule has 5 rings (SSSR count). The van der Waals surface area contributed by atoms with Crippen molar-refractivity contribution in [1.82, 2.24) is 4.57 Å². The molecule has 0 atom stereocenters. The molecule has 0 unspecified atom stereocenters. The molecule has 0 fully saturated rings. The van der Waals surface area contributed by atoms with Crippen LogP contribution in [0.3, 0.4) is 0 Å². The molecule has 0 aliphatic carbocycles. The molecular weight excluding hydrogens is 403 g/mol. The Kier molecular flexibility index (Phi) is 4.79. The number of carbonyl (C=O) groups is 1. The summed E-state index contributed by atoms with van der Waals surface area (Å²) < 4.78 is 16.0. The summed E-state index contributed by atoms with van der Waals surface area (Å²) >= 11 is 0. The minimum Gasteiger partial charge on any atom is -0.330 e. The molecule has 1 aromatic heterocycles. The van der Waals surface area contributed by atoms with E-state index < -0.39 is 11.7 Å². The Labute approximate surface area is 183 Å². The predicted molar refractivity (Wildman–Crippen MR) is 126 cm³/mol. The van der Waals surface area contributed by atoms with Crippen LogP contribution in [-0.2, 0) is 7.05 Å². The van der Waals surface area contributed by atoms with Crippen LogP contribution in [0.2, 0.25) is 0 Å². The van der Waals surface area contributed by atoms with Crippen LogP contribution in [0.15, 0.2) is 95.8 Å². The van der Waals surface area contributed by atoms with Crippen molar-refractivity contribution in [2.75, 3.05) is 5.32 Å². The van der Waals surface area contributed by atoms with Crippen molar-refractivity contribution in [1.29, 1.82) is 0 Å². The Morgan fingerprint density at radius 3 is 2.28 bits per heavy atom. The first kappa shape index (κ1) is 19.7. The van der Waals surface area contributed by atoms with Gasteiger partial charge in [-0.3, -0.25) is 9.59 Å². The fraction of sp³-hybridized carbons (Fsp3) is 0.0370. The predicted octanol–water partition coefficient (Wildman–Crippen LogP) is 5.75. The Balaban J connectivity index is 1.82. The highest BCUT2D eigenvalue weighted by Gasteiger charge is 2.21. The zero-order valence-corrected chi connectivity index (χ0v) is 17.3. The summed E-state index contributed by atoms with van der Waals surface area (Å²) in [5, 5.41) is 5.23. The van der Waals surface area contributed by atoms with Crippen molar-refractivity contribution >= 4 is 33.4 Å². The molecule has 1 heterocycles. The van der Waals surface area contributed by atoms with Crippen LogP contribution in [0.25, 0.3) is 32.8 Å². The van der Waals surface area contributed by atoms with E-state index in [1.165, 1.54) is 18.2 Å². The highest BCUT2D eigenvalue weighted by atomic mass is 19.1. The Hall–Kier alpha value is -4.25. The number of aromatic nitrogens is 1. The minimum absolute atomic E-state index is 0.0861. The molecule has 0 saturated heterocycles. The average Bonchev–Trinajstić information content (AvgIpc) is 2.82. The number of fused-ring (bicyclic) bond motifs is 2. The van der Waals surface area contributed by atoms with Gasteiger partial charge in [0.25, 0.3) is 5.91 Å². The molecule has 0 spiro atoms. The number of anilines is 1. The Bertz CT molecular complexity index is 1560. The van der Waals surface area contributed by atoms with Crippen LogP contribution >= 0.6 is 0 Å². The molecule has 5 heteroatoms. The third kappa shape index (κ3) is 3.15. The number of benzene rings is 4.